The fraction of sp³-hybridized carbons (Fsp3) is 0.800. The Morgan fingerprint density at radius 3 is 1.90 bits per heavy atom. The normalized spacial score (nSPS) is 16.9. The van der Waals surface area contributed by atoms with E-state index in [2.05, 4.69) is 0 Å². The summed E-state index contributed by atoms with van der Waals surface area (Å²) in [5, 5.41) is 28.3. The largest absolute Gasteiger partial charge is 0.497 e. The van der Waals surface area contributed by atoms with Crippen LogP contribution in [0.2, 0.25) is 0 Å². The highest BCUT2D eigenvalue weighted by Gasteiger charge is 2.45. The van der Waals surface area contributed by atoms with Gasteiger partial charge in [-0.15, -0.1) is 0 Å². The summed E-state index contributed by atoms with van der Waals surface area (Å²) in [6.07, 6.45) is -0.815. The minimum absolute atomic E-state index is 0.0137. The van der Waals surface area contributed by atoms with Crippen molar-refractivity contribution >= 4 is 0 Å². The molecule has 0 fully saturated rings. The molecular weight excluding hydrogens is 553 g/mol. The molecule has 0 aliphatic rings. The highest BCUT2D eigenvalue weighted by molar-refractivity contribution is 5.31. The van der Waals surface area contributed by atoms with Gasteiger partial charge in [0.15, 0.2) is 5.67 Å². The molecule has 4 unspecified atom stereocenters. The third-order valence-corrected chi connectivity index (χ3v) is 6.78. The van der Waals surface area contributed by atoms with E-state index in [0.717, 1.165) is 5.75 Å². The van der Waals surface area contributed by atoms with Gasteiger partial charge in [0.2, 0.25) is 0 Å². The van der Waals surface area contributed by atoms with Gasteiger partial charge >= 0.3 is 0 Å². The second kappa shape index (κ2) is 18.3. The van der Waals surface area contributed by atoms with E-state index in [4.69, 9.17) is 44.0 Å². The number of methoxy groups -OCH3 is 1. The molecule has 0 amide bonds. The van der Waals surface area contributed by atoms with Gasteiger partial charge in [-0.25, -0.2) is 4.39 Å². The zero-order valence-electron chi connectivity index (χ0n) is 26.4. The van der Waals surface area contributed by atoms with Gasteiger partial charge in [-0.1, -0.05) is 0 Å². The van der Waals surface area contributed by atoms with Crippen molar-refractivity contribution in [3.63, 3.8) is 0 Å². The molecule has 11 nitrogen and oxygen atoms in total. The van der Waals surface area contributed by atoms with Crippen molar-refractivity contribution < 1.29 is 52.9 Å². The SMILES string of the molecule is COc1ccc(OCC(O)COCCOC(C)(C)CCOC(C)(N)C(C)(F)COC(C)(C)CCOCC(O)CO)cc1. The second-order valence-corrected chi connectivity index (χ2v) is 11.9. The van der Waals surface area contributed by atoms with Crippen LogP contribution in [0.4, 0.5) is 4.39 Å². The van der Waals surface area contributed by atoms with Gasteiger partial charge in [-0.05, 0) is 78.6 Å². The monoisotopic (exact) mass is 607 g/mol. The molecule has 0 aromatic heterocycles. The summed E-state index contributed by atoms with van der Waals surface area (Å²) in [5.74, 6) is 1.35. The third-order valence-electron chi connectivity index (χ3n) is 6.78. The Morgan fingerprint density at radius 1 is 0.738 bits per heavy atom. The molecule has 1 aromatic carbocycles. The smallest absolute Gasteiger partial charge is 0.172 e. The molecule has 1 aromatic rings. The minimum Gasteiger partial charge on any atom is -0.497 e. The Hall–Kier alpha value is -1.61. The maximum absolute atomic E-state index is 15.5. The topological polar surface area (TPSA) is 151 Å². The number of aliphatic hydroxyl groups is 3. The molecule has 246 valence electrons. The van der Waals surface area contributed by atoms with Crippen LogP contribution in [0.3, 0.4) is 0 Å². The summed E-state index contributed by atoms with van der Waals surface area (Å²) < 4.78 is 54.5. The van der Waals surface area contributed by atoms with Crippen LogP contribution in [-0.2, 0) is 23.7 Å². The predicted molar refractivity (Wildman–Crippen MR) is 157 cm³/mol. The highest BCUT2D eigenvalue weighted by Crippen LogP contribution is 2.29. The highest BCUT2D eigenvalue weighted by atomic mass is 19.1. The summed E-state index contributed by atoms with van der Waals surface area (Å²) >= 11 is 0. The number of ether oxygens (including phenoxy) is 7. The van der Waals surface area contributed by atoms with Crippen LogP contribution >= 0.6 is 0 Å². The Bertz CT molecular complexity index is 851. The lowest BCUT2D eigenvalue weighted by molar-refractivity contribution is -0.179. The summed E-state index contributed by atoms with van der Waals surface area (Å²) in [5.41, 5.74) is 1.32. The van der Waals surface area contributed by atoms with Gasteiger partial charge in [-0.2, -0.15) is 0 Å². The molecule has 4 atom stereocenters. The molecule has 12 heteroatoms. The molecule has 0 bridgehead atoms. The van der Waals surface area contributed by atoms with Crippen molar-refractivity contribution in [3.8, 4) is 11.5 Å². The number of nitrogens with two attached hydrogens (primary N) is 1. The average Bonchev–Trinajstić information content (AvgIpc) is 2.92. The Labute approximate surface area is 250 Å². The molecule has 0 aliphatic heterocycles. The zero-order chi connectivity index (χ0) is 31.9. The minimum atomic E-state index is -1.99. The number of rotatable bonds is 24. The molecule has 0 aliphatic carbocycles. The van der Waals surface area contributed by atoms with Gasteiger partial charge in [-0.3, -0.25) is 0 Å². The Kier molecular flexibility index (Phi) is 16.7. The summed E-state index contributed by atoms with van der Waals surface area (Å²) in [6.45, 7) is 10.8. The van der Waals surface area contributed by atoms with Crippen LogP contribution < -0.4 is 15.2 Å². The number of hydrogen-bond donors (Lipinski definition) is 4. The van der Waals surface area contributed by atoms with E-state index in [9.17, 15) is 10.2 Å². The first kappa shape index (κ1) is 38.4. The quantitative estimate of drug-likeness (QED) is 0.101. The number of aliphatic hydroxyl groups excluding tert-OH is 3. The van der Waals surface area contributed by atoms with Gasteiger partial charge in [0.1, 0.15) is 36.0 Å². The predicted octanol–water partition coefficient (Wildman–Crippen LogP) is 2.61. The van der Waals surface area contributed by atoms with Crippen molar-refractivity contribution in [1.82, 2.24) is 0 Å². The number of halogens is 1. The van der Waals surface area contributed by atoms with Gasteiger partial charge in [0.05, 0.1) is 64.6 Å². The molecule has 0 saturated carbocycles. The molecule has 0 radical (unpaired) electrons. The fourth-order valence-corrected chi connectivity index (χ4v) is 3.38. The van der Waals surface area contributed by atoms with Crippen LogP contribution in [0.1, 0.15) is 54.4 Å². The van der Waals surface area contributed by atoms with E-state index in [1.807, 2.05) is 27.7 Å². The van der Waals surface area contributed by atoms with Crippen LogP contribution in [0.5, 0.6) is 11.5 Å². The maximum atomic E-state index is 15.5. The molecule has 0 saturated heterocycles. The fourth-order valence-electron chi connectivity index (χ4n) is 3.38. The molecule has 0 heterocycles. The summed E-state index contributed by atoms with van der Waals surface area (Å²) in [7, 11) is 1.59. The lowest BCUT2D eigenvalue weighted by atomic mass is 9.96. The molecule has 0 spiro atoms. The lowest BCUT2D eigenvalue weighted by Gasteiger charge is -2.39. The molecule has 1 rings (SSSR count). The molecule has 42 heavy (non-hydrogen) atoms. The van der Waals surface area contributed by atoms with Crippen LogP contribution in [0.15, 0.2) is 24.3 Å². The number of benzene rings is 1. The van der Waals surface area contributed by atoms with Crippen LogP contribution in [0.25, 0.3) is 0 Å². The maximum Gasteiger partial charge on any atom is 0.172 e. The Morgan fingerprint density at radius 2 is 1.29 bits per heavy atom. The third kappa shape index (κ3) is 15.7. The van der Waals surface area contributed by atoms with E-state index in [-0.39, 0.29) is 52.9 Å². The summed E-state index contributed by atoms with van der Waals surface area (Å²) in [6, 6.07) is 7.07. The van der Waals surface area contributed by atoms with Crippen molar-refractivity contribution in [2.24, 2.45) is 5.73 Å². The van der Waals surface area contributed by atoms with Crippen molar-refractivity contribution in [1.29, 1.82) is 0 Å². The van der Waals surface area contributed by atoms with Crippen LogP contribution in [-0.4, -0.2) is 117 Å². The van der Waals surface area contributed by atoms with E-state index >= 15 is 4.39 Å². The molecular formula is C30H54FNO10. The summed E-state index contributed by atoms with van der Waals surface area (Å²) in [4.78, 5) is 0. The van der Waals surface area contributed by atoms with Crippen LogP contribution in [0, 0.1) is 0 Å². The zero-order valence-corrected chi connectivity index (χ0v) is 26.4. The van der Waals surface area contributed by atoms with Crippen molar-refractivity contribution in [3.05, 3.63) is 24.3 Å². The average molecular weight is 608 g/mol. The van der Waals surface area contributed by atoms with Crippen molar-refractivity contribution in [2.45, 2.75) is 89.2 Å². The number of hydrogen-bond acceptors (Lipinski definition) is 11. The van der Waals surface area contributed by atoms with Gasteiger partial charge in [0.25, 0.3) is 0 Å². The standard InChI is InChI=1S/C30H54FNO10/c1-27(2,40-17-16-38-20-24(35)21-39-26-10-8-25(36-7)9-11-26)13-15-41-30(6,32)29(5,31)22-42-28(3,4)12-14-37-19-23(34)18-33/h8-11,23-24,33-35H,12-22,32H2,1-7H3. The second-order valence-electron chi connectivity index (χ2n) is 11.9. The van der Waals surface area contributed by atoms with Gasteiger partial charge < -0.3 is 54.2 Å². The lowest BCUT2D eigenvalue weighted by Crippen LogP contribution is -2.59. The first-order valence-corrected chi connectivity index (χ1v) is 14.3. The first-order chi connectivity index (χ1) is 19.5. The van der Waals surface area contributed by atoms with E-state index in [0.29, 0.717) is 25.2 Å². The van der Waals surface area contributed by atoms with E-state index in [1.54, 1.807) is 31.4 Å². The first-order valence-electron chi connectivity index (χ1n) is 14.3. The Balaban J connectivity index is 2.29. The molecule has 5 N–H and O–H groups in total. The van der Waals surface area contributed by atoms with Gasteiger partial charge in [0, 0.05) is 6.61 Å². The van der Waals surface area contributed by atoms with Crippen molar-refractivity contribution in [2.75, 3.05) is 66.6 Å². The number of alkyl halides is 1. The van der Waals surface area contributed by atoms with E-state index < -0.39 is 34.8 Å². The van der Waals surface area contributed by atoms with E-state index in [1.165, 1.54) is 13.8 Å².